The summed E-state index contributed by atoms with van der Waals surface area (Å²) in [4.78, 5) is 0. The topological polar surface area (TPSA) is 12.0 Å². The first-order valence-electron chi connectivity index (χ1n) is 8.99. The number of rotatable bonds is 5. The van der Waals surface area contributed by atoms with Crippen LogP contribution >= 0.6 is 0 Å². The van der Waals surface area contributed by atoms with E-state index >= 15 is 0 Å². The first-order chi connectivity index (χ1) is 9.26. The van der Waals surface area contributed by atoms with E-state index in [4.69, 9.17) is 0 Å². The minimum Gasteiger partial charge on any atom is -0.314 e. The SMILES string of the molecule is CCNC(C1CCCC(C)C1)C1CCCCC1CC. The highest BCUT2D eigenvalue weighted by atomic mass is 14.9. The monoisotopic (exact) mass is 265 g/mol. The maximum atomic E-state index is 3.91. The zero-order valence-corrected chi connectivity index (χ0v) is 13.5. The Hall–Kier alpha value is -0.0400. The van der Waals surface area contributed by atoms with Gasteiger partial charge in [0.25, 0.3) is 0 Å². The number of nitrogens with one attached hydrogen (secondary N) is 1. The summed E-state index contributed by atoms with van der Waals surface area (Å²) in [6, 6.07) is 0.818. The van der Waals surface area contributed by atoms with E-state index in [0.29, 0.717) is 0 Å². The van der Waals surface area contributed by atoms with Crippen LogP contribution < -0.4 is 5.32 Å². The van der Waals surface area contributed by atoms with Gasteiger partial charge in [0.1, 0.15) is 0 Å². The summed E-state index contributed by atoms with van der Waals surface area (Å²) >= 11 is 0. The molecule has 2 aliphatic carbocycles. The molecule has 1 nitrogen and oxygen atoms in total. The van der Waals surface area contributed by atoms with Crippen molar-refractivity contribution in [2.24, 2.45) is 23.7 Å². The average Bonchev–Trinajstić information content (AvgIpc) is 2.45. The van der Waals surface area contributed by atoms with E-state index < -0.39 is 0 Å². The molecule has 0 aromatic rings. The van der Waals surface area contributed by atoms with Gasteiger partial charge in [0.05, 0.1) is 0 Å². The Morgan fingerprint density at radius 1 is 1.00 bits per heavy atom. The van der Waals surface area contributed by atoms with Crippen LogP contribution in [0.25, 0.3) is 0 Å². The fourth-order valence-electron chi connectivity index (χ4n) is 4.93. The van der Waals surface area contributed by atoms with Crippen LogP contribution in [0.5, 0.6) is 0 Å². The molecule has 2 fully saturated rings. The van der Waals surface area contributed by atoms with Gasteiger partial charge in [-0.2, -0.15) is 0 Å². The quantitative estimate of drug-likeness (QED) is 0.737. The molecule has 0 amide bonds. The molecule has 2 rings (SSSR count). The van der Waals surface area contributed by atoms with Crippen LogP contribution in [0, 0.1) is 23.7 Å². The minimum absolute atomic E-state index is 0.818. The van der Waals surface area contributed by atoms with Gasteiger partial charge in [-0.05, 0) is 49.5 Å². The van der Waals surface area contributed by atoms with Crippen molar-refractivity contribution in [2.45, 2.75) is 84.6 Å². The predicted molar refractivity (Wildman–Crippen MR) is 84.3 cm³/mol. The van der Waals surface area contributed by atoms with Crippen molar-refractivity contribution < 1.29 is 0 Å². The zero-order chi connectivity index (χ0) is 13.7. The molecule has 0 spiro atoms. The van der Waals surface area contributed by atoms with E-state index in [-0.39, 0.29) is 0 Å². The second-order valence-electron chi connectivity index (χ2n) is 7.23. The average molecular weight is 265 g/mol. The molecule has 0 saturated heterocycles. The van der Waals surface area contributed by atoms with E-state index in [0.717, 1.165) is 36.3 Å². The van der Waals surface area contributed by atoms with Gasteiger partial charge in [-0.25, -0.2) is 0 Å². The third-order valence-electron chi connectivity index (χ3n) is 5.88. The lowest BCUT2D eigenvalue weighted by Gasteiger charge is -2.43. The van der Waals surface area contributed by atoms with Crippen molar-refractivity contribution in [3.8, 4) is 0 Å². The van der Waals surface area contributed by atoms with Crippen LogP contribution in [0.4, 0.5) is 0 Å². The Labute approximate surface area is 120 Å². The van der Waals surface area contributed by atoms with Crippen LogP contribution in [0.2, 0.25) is 0 Å². The lowest BCUT2D eigenvalue weighted by molar-refractivity contribution is 0.108. The molecule has 5 unspecified atom stereocenters. The second kappa shape index (κ2) is 7.67. The summed E-state index contributed by atoms with van der Waals surface area (Å²) in [5, 5.41) is 3.91. The normalized spacial score (nSPS) is 38.1. The van der Waals surface area contributed by atoms with Gasteiger partial charge in [0, 0.05) is 6.04 Å². The summed E-state index contributed by atoms with van der Waals surface area (Å²) in [5.74, 6) is 3.88. The van der Waals surface area contributed by atoms with Gasteiger partial charge in [0.2, 0.25) is 0 Å². The standard InChI is InChI=1S/C18H35N/c1-4-15-10-6-7-12-17(15)18(19-5-2)16-11-8-9-14(3)13-16/h14-19H,4-13H2,1-3H3. The molecule has 0 aromatic heterocycles. The van der Waals surface area contributed by atoms with Gasteiger partial charge in [-0.3, -0.25) is 0 Å². The Bertz CT molecular complexity index is 250. The smallest absolute Gasteiger partial charge is 0.0126 e. The van der Waals surface area contributed by atoms with Crippen LogP contribution in [0.1, 0.15) is 78.6 Å². The molecule has 5 atom stereocenters. The molecule has 2 aliphatic rings. The minimum atomic E-state index is 0.818. The highest BCUT2D eigenvalue weighted by molar-refractivity contribution is 4.90. The number of hydrogen-bond acceptors (Lipinski definition) is 1. The van der Waals surface area contributed by atoms with Crippen molar-refractivity contribution in [1.82, 2.24) is 5.32 Å². The third kappa shape index (κ3) is 3.97. The van der Waals surface area contributed by atoms with E-state index in [1.165, 1.54) is 57.8 Å². The summed E-state index contributed by atoms with van der Waals surface area (Å²) in [5.41, 5.74) is 0. The summed E-state index contributed by atoms with van der Waals surface area (Å²) < 4.78 is 0. The fraction of sp³-hybridized carbons (Fsp3) is 1.00. The Balaban J connectivity index is 2.04. The second-order valence-corrected chi connectivity index (χ2v) is 7.23. The summed E-state index contributed by atoms with van der Waals surface area (Å²) in [6.07, 6.45) is 13.2. The Morgan fingerprint density at radius 2 is 1.79 bits per heavy atom. The van der Waals surface area contributed by atoms with Gasteiger partial charge in [-0.15, -0.1) is 0 Å². The van der Waals surface area contributed by atoms with Crippen molar-refractivity contribution >= 4 is 0 Å². The molecule has 19 heavy (non-hydrogen) atoms. The lowest BCUT2D eigenvalue weighted by Crippen LogP contribution is -2.47. The van der Waals surface area contributed by atoms with Crippen LogP contribution in [-0.2, 0) is 0 Å². The molecule has 2 saturated carbocycles. The molecular formula is C18H35N. The van der Waals surface area contributed by atoms with Gasteiger partial charge in [-0.1, -0.05) is 59.3 Å². The van der Waals surface area contributed by atoms with Crippen molar-refractivity contribution in [3.63, 3.8) is 0 Å². The molecule has 0 aromatic carbocycles. The molecule has 0 radical (unpaired) electrons. The van der Waals surface area contributed by atoms with Crippen LogP contribution in [-0.4, -0.2) is 12.6 Å². The van der Waals surface area contributed by atoms with Crippen molar-refractivity contribution in [1.29, 1.82) is 0 Å². The summed E-state index contributed by atoms with van der Waals surface area (Å²) in [6.45, 7) is 8.33. The number of hydrogen-bond donors (Lipinski definition) is 1. The third-order valence-corrected chi connectivity index (χ3v) is 5.88. The highest BCUT2D eigenvalue weighted by Crippen LogP contribution is 2.41. The van der Waals surface area contributed by atoms with Crippen molar-refractivity contribution in [2.75, 3.05) is 6.54 Å². The van der Waals surface area contributed by atoms with Gasteiger partial charge < -0.3 is 5.32 Å². The maximum absolute atomic E-state index is 3.91. The van der Waals surface area contributed by atoms with Gasteiger partial charge in [0.15, 0.2) is 0 Å². The largest absolute Gasteiger partial charge is 0.314 e. The maximum Gasteiger partial charge on any atom is 0.0126 e. The Kier molecular flexibility index (Phi) is 6.19. The van der Waals surface area contributed by atoms with Crippen LogP contribution in [0.3, 0.4) is 0 Å². The highest BCUT2D eigenvalue weighted by Gasteiger charge is 2.36. The lowest BCUT2D eigenvalue weighted by atomic mass is 9.67. The first kappa shape index (κ1) is 15.4. The molecule has 1 N–H and O–H groups in total. The Morgan fingerprint density at radius 3 is 2.47 bits per heavy atom. The van der Waals surface area contributed by atoms with E-state index in [2.05, 4.69) is 26.1 Å². The molecule has 0 aliphatic heterocycles. The zero-order valence-electron chi connectivity index (χ0n) is 13.5. The first-order valence-corrected chi connectivity index (χ1v) is 8.99. The van der Waals surface area contributed by atoms with E-state index in [1.807, 2.05) is 0 Å². The predicted octanol–water partition coefficient (Wildman–Crippen LogP) is 5.01. The van der Waals surface area contributed by atoms with Crippen LogP contribution in [0.15, 0.2) is 0 Å². The van der Waals surface area contributed by atoms with Crippen molar-refractivity contribution in [3.05, 3.63) is 0 Å². The molecule has 0 bridgehead atoms. The van der Waals surface area contributed by atoms with E-state index in [1.54, 1.807) is 0 Å². The fourth-order valence-corrected chi connectivity index (χ4v) is 4.93. The molecular weight excluding hydrogens is 230 g/mol. The summed E-state index contributed by atoms with van der Waals surface area (Å²) in [7, 11) is 0. The molecule has 1 heteroatoms. The van der Waals surface area contributed by atoms with Gasteiger partial charge >= 0.3 is 0 Å². The molecule has 112 valence electrons. The van der Waals surface area contributed by atoms with E-state index in [9.17, 15) is 0 Å². The molecule has 0 heterocycles.